The number of amides is 4. The lowest BCUT2D eigenvalue weighted by Crippen LogP contribution is -2.56. The quantitative estimate of drug-likeness (QED) is 0.141. The zero-order chi connectivity index (χ0) is 35.5. The van der Waals surface area contributed by atoms with Crippen molar-refractivity contribution in [1.82, 2.24) is 9.80 Å². The Kier molecular flexibility index (Phi) is 13.8. The fraction of sp³-hybridized carbons (Fsp3) is 0.425. The fourth-order valence-corrected chi connectivity index (χ4v) is 7.36. The molecule has 0 unspecified atom stereocenters. The molecule has 1 aromatic heterocycles. The summed E-state index contributed by atoms with van der Waals surface area (Å²) in [6, 6.07) is 7.87. The van der Waals surface area contributed by atoms with Gasteiger partial charge in [-0.2, -0.15) is 0 Å². The minimum atomic E-state index is -0.583. The van der Waals surface area contributed by atoms with Crippen molar-refractivity contribution < 1.29 is 24.2 Å². The normalized spacial score (nSPS) is 15.5. The van der Waals surface area contributed by atoms with Gasteiger partial charge in [-0.15, -0.1) is 11.3 Å². The molecule has 2 aliphatic rings. The summed E-state index contributed by atoms with van der Waals surface area (Å²) in [5.74, 6) is -0.0810. The molecule has 1 fully saturated rings. The summed E-state index contributed by atoms with van der Waals surface area (Å²) in [5, 5.41) is 9.40. The number of unbranched alkanes of at least 4 members (excludes halogenated alkanes) is 2. The first-order valence-corrected chi connectivity index (χ1v) is 18.5. The van der Waals surface area contributed by atoms with Crippen molar-refractivity contribution in [1.29, 1.82) is 0 Å². The molecule has 8 nitrogen and oxygen atoms in total. The van der Waals surface area contributed by atoms with E-state index < -0.39 is 17.8 Å². The van der Waals surface area contributed by atoms with Crippen LogP contribution in [0.3, 0.4) is 0 Å². The van der Waals surface area contributed by atoms with Crippen LogP contribution >= 0.6 is 11.3 Å². The van der Waals surface area contributed by atoms with Gasteiger partial charge < -0.3 is 14.7 Å². The largest absolute Gasteiger partial charge is 0.462 e. The van der Waals surface area contributed by atoms with E-state index in [0.29, 0.717) is 23.6 Å². The van der Waals surface area contributed by atoms with Crippen LogP contribution in [0.15, 0.2) is 65.2 Å². The number of ether oxygens (including phenoxy) is 1. The number of carbonyl (C=O) groups excluding carboxylic acids is 3. The number of carbonyl (C=O) groups is 3. The SMILES string of the molecule is CCCCc1c(/C=C/C2=CC(=C3C(=O)N(CC)C(=O)N(CC)C3=O)C=C(C)O2)sc(/C=C/c2ccc(N(CC)CCO)cc2)c1CCCC. The van der Waals surface area contributed by atoms with E-state index in [1.54, 1.807) is 44.3 Å². The number of benzene rings is 1. The maximum atomic E-state index is 13.3. The van der Waals surface area contributed by atoms with Gasteiger partial charge in [0.2, 0.25) is 0 Å². The van der Waals surface area contributed by atoms with E-state index in [1.807, 2.05) is 6.08 Å². The number of allylic oxidation sites excluding steroid dienone is 5. The lowest BCUT2D eigenvalue weighted by molar-refractivity contribution is -0.135. The zero-order valence-corrected chi connectivity index (χ0v) is 30.7. The number of aliphatic hydroxyl groups is 1. The van der Waals surface area contributed by atoms with Gasteiger partial charge >= 0.3 is 6.03 Å². The first-order valence-electron chi connectivity index (χ1n) is 17.7. The van der Waals surface area contributed by atoms with Gasteiger partial charge in [0.25, 0.3) is 11.8 Å². The maximum Gasteiger partial charge on any atom is 0.333 e. The number of rotatable bonds is 16. The van der Waals surface area contributed by atoms with Crippen molar-refractivity contribution in [3.05, 3.63) is 91.6 Å². The Labute approximate surface area is 295 Å². The lowest BCUT2D eigenvalue weighted by Gasteiger charge is -2.33. The summed E-state index contributed by atoms with van der Waals surface area (Å²) in [7, 11) is 0. The number of thiophene rings is 1. The van der Waals surface area contributed by atoms with Crippen LogP contribution < -0.4 is 4.90 Å². The molecule has 1 N–H and O–H groups in total. The topological polar surface area (TPSA) is 90.4 Å². The number of aliphatic hydroxyl groups excluding tert-OH is 1. The molecule has 0 aliphatic carbocycles. The van der Waals surface area contributed by atoms with E-state index in [4.69, 9.17) is 4.74 Å². The van der Waals surface area contributed by atoms with Crippen molar-refractivity contribution in [3.8, 4) is 0 Å². The Morgan fingerprint density at radius 3 is 1.88 bits per heavy atom. The summed E-state index contributed by atoms with van der Waals surface area (Å²) in [4.78, 5) is 46.2. The number of imide groups is 2. The first kappa shape index (κ1) is 37.6. The van der Waals surface area contributed by atoms with Gasteiger partial charge in [0.1, 0.15) is 17.1 Å². The minimum absolute atomic E-state index is 0.0188. The molecule has 0 radical (unpaired) electrons. The highest BCUT2D eigenvalue weighted by Gasteiger charge is 2.42. The van der Waals surface area contributed by atoms with E-state index in [9.17, 15) is 19.5 Å². The van der Waals surface area contributed by atoms with Crippen molar-refractivity contribution in [2.24, 2.45) is 0 Å². The molecule has 2 aliphatic heterocycles. The monoisotopic (exact) mass is 685 g/mol. The number of anilines is 1. The van der Waals surface area contributed by atoms with Crippen LogP contribution in [0.4, 0.5) is 10.5 Å². The second kappa shape index (κ2) is 18.0. The Hall–Kier alpha value is -4.21. The minimum Gasteiger partial charge on any atom is -0.462 e. The molecule has 2 aromatic rings. The van der Waals surface area contributed by atoms with Crippen molar-refractivity contribution in [2.75, 3.05) is 37.7 Å². The predicted molar refractivity (Wildman–Crippen MR) is 201 cm³/mol. The average molecular weight is 686 g/mol. The van der Waals surface area contributed by atoms with Gasteiger partial charge in [-0.3, -0.25) is 19.4 Å². The molecule has 0 atom stereocenters. The predicted octanol–water partition coefficient (Wildman–Crippen LogP) is 8.38. The third kappa shape index (κ3) is 8.88. The van der Waals surface area contributed by atoms with Crippen LogP contribution in [-0.4, -0.2) is 65.5 Å². The molecule has 49 heavy (non-hydrogen) atoms. The van der Waals surface area contributed by atoms with Gasteiger partial charge in [0.05, 0.1) is 6.61 Å². The molecule has 4 rings (SSSR count). The van der Waals surface area contributed by atoms with E-state index in [0.717, 1.165) is 66.1 Å². The second-order valence-corrected chi connectivity index (χ2v) is 13.3. The molecule has 9 heteroatoms. The molecular formula is C40H51N3O5S. The molecule has 4 amide bonds. The molecule has 262 valence electrons. The second-order valence-electron chi connectivity index (χ2n) is 12.2. The summed E-state index contributed by atoms with van der Waals surface area (Å²) < 4.78 is 6.06. The molecule has 0 saturated carbocycles. The van der Waals surface area contributed by atoms with Gasteiger partial charge in [-0.25, -0.2) is 4.79 Å². The van der Waals surface area contributed by atoms with E-state index >= 15 is 0 Å². The zero-order valence-electron chi connectivity index (χ0n) is 29.9. The number of barbiturate groups is 1. The lowest BCUT2D eigenvalue weighted by atomic mass is 9.97. The Balaban J connectivity index is 1.71. The van der Waals surface area contributed by atoms with Crippen molar-refractivity contribution >= 4 is 53.1 Å². The van der Waals surface area contributed by atoms with E-state index in [-0.39, 0.29) is 25.3 Å². The highest BCUT2D eigenvalue weighted by atomic mass is 32.1. The van der Waals surface area contributed by atoms with Crippen LogP contribution in [0, 0.1) is 0 Å². The first-order chi connectivity index (χ1) is 23.7. The van der Waals surface area contributed by atoms with E-state index in [1.165, 1.54) is 20.9 Å². The molecule has 0 spiro atoms. The van der Waals surface area contributed by atoms with Crippen LogP contribution in [0.25, 0.3) is 18.2 Å². The summed E-state index contributed by atoms with van der Waals surface area (Å²) in [6.45, 7) is 13.7. The number of urea groups is 1. The number of nitrogens with zero attached hydrogens (tertiary/aromatic N) is 3. The molecule has 3 heterocycles. The summed E-state index contributed by atoms with van der Waals surface area (Å²) >= 11 is 1.77. The van der Waals surface area contributed by atoms with Gasteiger partial charge in [-0.1, -0.05) is 44.9 Å². The highest BCUT2D eigenvalue weighted by Crippen LogP contribution is 2.35. The maximum absolute atomic E-state index is 13.3. The molecule has 0 bridgehead atoms. The van der Waals surface area contributed by atoms with Crippen molar-refractivity contribution in [3.63, 3.8) is 0 Å². The molecule has 1 saturated heterocycles. The molecule has 1 aromatic carbocycles. The highest BCUT2D eigenvalue weighted by molar-refractivity contribution is 7.14. The summed E-state index contributed by atoms with van der Waals surface area (Å²) in [6.07, 6.45) is 18.2. The van der Waals surface area contributed by atoms with Gasteiger partial charge in [0, 0.05) is 41.6 Å². The number of likely N-dealkylation sites (N-methyl/N-ethyl adjacent to an activating group) is 3. The Bertz CT molecular complexity index is 1630. The van der Waals surface area contributed by atoms with Gasteiger partial charge in [-0.05, 0) is 118 Å². The fourth-order valence-electron chi connectivity index (χ4n) is 6.15. The Morgan fingerprint density at radius 2 is 1.37 bits per heavy atom. The van der Waals surface area contributed by atoms with Crippen LogP contribution in [0.2, 0.25) is 0 Å². The van der Waals surface area contributed by atoms with Crippen LogP contribution in [0.1, 0.15) is 93.7 Å². The standard InChI is InChI=1S/C40H51N3O5S/c1-7-12-14-33-34(15-13-8-2)36(49-35(33)22-18-29-16-19-31(20-17-29)41(9-3)24-25-44)23-21-32-27-30(26-28(6)48-32)37-38(45)42(10-4)40(47)43(11-5)39(37)46/h16-23,26-27,44H,7-15,24-25H2,1-6H3/b22-18+,23-21+. The van der Waals surface area contributed by atoms with Crippen LogP contribution in [0.5, 0.6) is 0 Å². The smallest absolute Gasteiger partial charge is 0.333 e. The Morgan fingerprint density at radius 1 is 0.796 bits per heavy atom. The van der Waals surface area contributed by atoms with E-state index in [2.05, 4.69) is 68.2 Å². The molecular weight excluding hydrogens is 635 g/mol. The average Bonchev–Trinajstić information content (AvgIpc) is 3.42. The van der Waals surface area contributed by atoms with Crippen molar-refractivity contribution in [2.45, 2.75) is 80.1 Å². The van der Waals surface area contributed by atoms with Crippen LogP contribution in [-0.2, 0) is 27.2 Å². The number of hydrogen-bond acceptors (Lipinski definition) is 7. The third-order valence-electron chi connectivity index (χ3n) is 8.81. The number of hydrogen-bond donors (Lipinski definition) is 1. The van der Waals surface area contributed by atoms with Gasteiger partial charge in [0.15, 0.2) is 0 Å². The third-order valence-corrected chi connectivity index (χ3v) is 10.0. The summed E-state index contributed by atoms with van der Waals surface area (Å²) in [5.41, 5.74) is 5.40.